The molecule has 5 unspecified atom stereocenters. The highest BCUT2D eigenvalue weighted by atomic mass is 16.3. The normalized spacial score (nSPS) is 45.8. The molecule has 3 N–H and O–H groups in total. The average Bonchev–Trinajstić information content (AvgIpc) is 2.29. The number of aliphatic hydroxyl groups excluding tert-OH is 1. The smallest absolute Gasteiger partial charge is 0.258 e. The second-order valence-electron chi connectivity index (χ2n) is 5.95. The van der Waals surface area contributed by atoms with E-state index in [2.05, 4.69) is 12.2 Å². The number of rotatable bonds is 1. The second-order valence-corrected chi connectivity index (χ2v) is 5.95. The van der Waals surface area contributed by atoms with Gasteiger partial charge in [0.05, 0.1) is 6.10 Å². The zero-order valence-corrected chi connectivity index (χ0v) is 10.8. The summed E-state index contributed by atoms with van der Waals surface area (Å²) in [5.74, 6) is -1.06. The van der Waals surface area contributed by atoms with Crippen molar-refractivity contribution < 1.29 is 19.8 Å². The summed E-state index contributed by atoms with van der Waals surface area (Å²) in [6.45, 7) is 3.99. The first-order chi connectivity index (χ1) is 8.34. The van der Waals surface area contributed by atoms with Gasteiger partial charge in [-0.1, -0.05) is 13.8 Å². The van der Waals surface area contributed by atoms with Gasteiger partial charge in [0, 0.05) is 12.3 Å². The van der Waals surface area contributed by atoms with Gasteiger partial charge in [-0.05, 0) is 31.1 Å². The van der Waals surface area contributed by atoms with E-state index in [0.29, 0.717) is 12.3 Å². The first-order valence-electron chi connectivity index (χ1n) is 6.59. The second kappa shape index (κ2) is 4.63. The Bertz CT molecular complexity index is 370. The lowest BCUT2D eigenvalue weighted by atomic mass is 9.65. The van der Waals surface area contributed by atoms with Crippen molar-refractivity contribution in [2.45, 2.75) is 51.2 Å². The summed E-state index contributed by atoms with van der Waals surface area (Å²) >= 11 is 0. The maximum Gasteiger partial charge on any atom is 0.258 e. The molecule has 2 rings (SSSR count). The van der Waals surface area contributed by atoms with Gasteiger partial charge in [-0.25, -0.2) is 0 Å². The van der Waals surface area contributed by atoms with Crippen LogP contribution in [0.15, 0.2) is 0 Å². The van der Waals surface area contributed by atoms with Crippen molar-refractivity contribution in [2.75, 3.05) is 0 Å². The summed E-state index contributed by atoms with van der Waals surface area (Å²) < 4.78 is 0. The SMILES string of the molecule is CC1CC(C)C(O)C(C2(O)CCC(=O)NC2=O)C1. The van der Waals surface area contributed by atoms with Crippen LogP contribution in [-0.2, 0) is 9.59 Å². The minimum absolute atomic E-state index is 0.0632. The summed E-state index contributed by atoms with van der Waals surface area (Å²) in [6, 6.07) is 0. The fraction of sp³-hybridized carbons (Fsp3) is 0.846. The first-order valence-corrected chi connectivity index (χ1v) is 6.59. The number of carbonyl (C=O) groups excluding carboxylic acids is 2. The highest BCUT2D eigenvalue weighted by molar-refractivity contribution is 6.02. The number of imide groups is 1. The van der Waals surface area contributed by atoms with Crippen LogP contribution in [0, 0.1) is 17.8 Å². The Balaban J connectivity index is 2.22. The van der Waals surface area contributed by atoms with Gasteiger partial charge in [-0.15, -0.1) is 0 Å². The standard InChI is InChI=1S/C13H21NO4/c1-7-5-8(2)11(16)9(6-7)13(18)4-3-10(15)14-12(13)17/h7-9,11,16,18H,3-6H2,1-2H3,(H,14,15,17). The minimum Gasteiger partial charge on any atom is -0.392 e. The molecule has 2 amide bonds. The fourth-order valence-electron chi connectivity index (χ4n) is 3.39. The summed E-state index contributed by atoms with van der Waals surface area (Å²) in [5.41, 5.74) is -1.60. The van der Waals surface area contributed by atoms with Crippen molar-refractivity contribution in [2.24, 2.45) is 17.8 Å². The van der Waals surface area contributed by atoms with Crippen molar-refractivity contribution in [3.05, 3.63) is 0 Å². The van der Waals surface area contributed by atoms with Gasteiger partial charge in [0.2, 0.25) is 5.91 Å². The third-order valence-electron chi connectivity index (χ3n) is 4.42. The van der Waals surface area contributed by atoms with E-state index in [1.807, 2.05) is 6.92 Å². The van der Waals surface area contributed by atoms with Gasteiger partial charge in [0.15, 0.2) is 0 Å². The largest absolute Gasteiger partial charge is 0.392 e. The molecule has 1 aliphatic heterocycles. The minimum atomic E-state index is -1.60. The van der Waals surface area contributed by atoms with E-state index in [4.69, 9.17) is 0 Å². The first kappa shape index (κ1) is 13.5. The summed E-state index contributed by atoms with van der Waals surface area (Å²) in [6.07, 6.45) is 1.07. The third-order valence-corrected chi connectivity index (χ3v) is 4.42. The molecule has 1 saturated carbocycles. The molecule has 5 heteroatoms. The Morgan fingerprint density at radius 3 is 2.56 bits per heavy atom. The van der Waals surface area contributed by atoms with Crippen LogP contribution in [0.5, 0.6) is 0 Å². The van der Waals surface area contributed by atoms with E-state index in [1.54, 1.807) is 0 Å². The van der Waals surface area contributed by atoms with E-state index in [1.165, 1.54) is 0 Å². The Morgan fingerprint density at radius 1 is 1.28 bits per heavy atom. The quantitative estimate of drug-likeness (QED) is 0.584. The fourth-order valence-corrected chi connectivity index (χ4v) is 3.39. The highest BCUT2D eigenvalue weighted by Crippen LogP contribution is 2.41. The molecule has 5 nitrogen and oxygen atoms in total. The number of hydrogen-bond acceptors (Lipinski definition) is 4. The molecule has 1 heterocycles. The maximum atomic E-state index is 11.9. The highest BCUT2D eigenvalue weighted by Gasteiger charge is 2.52. The van der Waals surface area contributed by atoms with Gasteiger partial charge in [-0.3, -0.25) is 14.9 Å². The summed E-state index contributed by atoms with van der Waals surface area (Å²) in [7, 11) is 0. The van der Waals surface area contributed by atoms with Crippen LogP contribution in [0.2, 0.25) is 0 Å². The molecule has 0 bridgehead atoms. The topological polar surface area (TPSA) is 86.6 Å². The molecule has 0 radical (unpaired) electrons. The molecule has 1 saturated heterocycles. The zero-order chi connectivity index (χ0) is 13.5. The van der Waals surface area contributed by atoms with E-state index < -0.39 is 23.5 Å². The van der Waals surface area contributed by atoms with E-state index in [9.17, 15) is 19.8 Å². The Kier molecular flexibility index (Phi) is 3.47. The van der Waals surface area contributed by atoms with E-state index in [0.717, 1.165) is 6.42 Å². The number of hydrogen-bond donors (Lipinski definition) is 3. The number of nitrogens with one attached hydrogen (secondary N) is 1. The van der Waals surface area contributed by atoms with E-state index >= 15 is 0 Å². The Labute approximate surface area is 107 Å². The molecule has 0 aromatic carbocycles. The van der Waals surface area contributed by atoms with Crippen LogP contribution < -0.4 is 5.32 Å². The predicted molar refractivity (Wildman–Crippen MR) is 64.4 cm³/mol. The molecule has 0 aromatic heterocycles. The average molecular weight is 255 g/mol. The van der Waals surface area contributed by atoms with Crippen molar-refractivity contribution >= 4 is 11.8 Å². The Hall–Kier alpha value is -0.940. The molecule has 0 spiro atoms. The van der Waals surface area contributed by atoms with Crippen LogP contribution in [0.3, 0.4) is 0 Å². The van der Waals surface area contributed by atoms with Crippen molar-refractivity contribution in [1.82, 2.24) is 5.32 Å². The molecule has 0 aromatic rings. The number of carbonyl (C=O) groups is 2. The van der Waals surface area contributed by atoms with Crippen LogP contribution >= 0.6 is 0 Å². The lowest BCUT2D eigenvalue weighted by Crippen LogP contribution is -2.61. The molecular weight excluding hydrogens is 234 g/mol. The molecule has 2 fully saturated rings. The van der Waals surface area contributed by atoms with Crippen LogP contribution in [0.4, 0.5) is 0 Å². The summed E-state index contributed by atoms with van der Waals surface area (Å²) in [5, 5.41) is 23.0. The third kappa shape index (κ3) is 2.17. The molecule has 18 heavy (non-hydrogen) atoms. The van der Waals surface area contributed by atoms with Crippen LogP contribution in [-0.4, -0.2) is 33.7 Å². The zero-order valence-electron chi connectivity index (χ0n) is 10.8. The van der Waals surface area contributed by atoms with Gasteiger partial charge in [0.1, 0.15) is 5.60 Å². The van der Waals surface area contributed by atoms with Gasteiger partial charge < -0.3 is 10.2 Å². The molecule has 102 valence electrons. The van der Waals surface area contributed by atoms with E-state index in [-0.39, 0.29) is 24.7 Å². The number of amides is 2. The molecular formula is C13H21NO4. The van der Waals surface area contributed by atoms with Crippen molar-refractivity contribution in [3.63, 3.8) is 0 Å². The lowest BCUT2D eigenvalue weighted by Gasteiger charge is -2.45. The number of piperidine rings is 1. The molecule has 2 aliphatic rings. The number of aliphatic hydroxyl groups is 2. The molecule has 1 aliphatic carbocycles. The van der Waals surface area contributed by atoms with Gasteiger partial charge in [-0.2, -0.15) is 0 Å². The van der Waals surface area contributed by atoms with Crippen molar-refractivity contribution in [1.29, 1.82) is 0 Å². The van der Waals surface area contributed by atoms with Crippen LogP contribution in [0.25, 0.3) is 0 Å². The van der Waals surface area contributed by atoms with Crippen molar-refractivity contribution in [3.8, 4) is 0 Å². The predicted octanol–water partition coefficient (Wildman–Crippen LogP) is 0.197. The summed E-state index contributed by atoms with van der Waals surface area (Å²) in [4.78, 5) is 23.0. The Morgan fingerprint density at radius 2 is 1.94 bits per heavy atom. The van der Waals surface area contributed by atoms with Crippen LogP contribution in [0.1, 0.15) is 39.5 Å². The monoisotopic (exact) mass is 255 g/mol. The van der Waals surface area contributed by atoms with Gasteiger partial charge >= 0.3 is 0 Å². The maximum absolute atomic E-state index is 11.9. The molecule has 5 atom stereocenters. The van der Waals surface area contributed by atoms with Gasteiger partial charge in [0.25, 0.3) is 5.91 Å². The lowest BCUT2D eigenvalue weighted by molar-refractivity contribution is -0.169.